The molecule has 4 rings (SSSR count). The molecule has 31 heavy (non-hydrogen) atoms. The van der Waals surface area contributed by atoms with Crippen LogP contribution in [0.3, 0.4) is 0 Å². The van der Waals surface area contributed by atoms with Crippen molar-refractivity contribution in [2.45, 2.75) is 25.7 Å². The molecule has 2 heterocycles. The van der Waals surface area contributed by atoms with Gasteiger partial charge in [0.2, 0.25) is 5.91 Å². The number of carbonyl (C=O) groups is 2. The van der Waals surface area contributed by atoms with Gasteiger partial charge in [-0.25, -0.2) is 4.79 Å². The maximum Gasteiger partial charge on any atom is 0.346 e. The predicted molar refractivity (Wildman–Crippen MR) is 121 cm³/mol. The molecule has 2 aromatic carbocycles. The van der Waals surface area contributed by atoms with E-state index in [-0.39, 0.29) is 23.1 Å². The first kappa shape index (κ1) is 20.9. The van der Waals surface area contributed by atoms with E-state index in [4.69, 9.17) is 9.47 Å². The van der Waals surface area contributed by atoms with Crippen molar-refractivity contribution in [2.24, 2.45) is 0 Å². The Morgan fingerprint density at radius 2 is 1.81 bits per heavy atom. The van der Waals surface area contributed by atoms with Crippen LogP contribution in [0.4, 0.5) is 5.69 Å². The molecule has 0 aliphatic carbocycles. The number of carboxylic acid groups (broad SMARTS) is 1. The minimum atomic E-state index is -1.01. The van der Waals surface area contributed by atoms with Gasteiger partial charge in [0.1, 0.15) is 16.4 Å². The van der Waals surface area contributed by atoms with Gasteiger partial charge in [0.25, 0.3) is 0 Å². The van der Waals surface area contributed by atoms with E-state index in [1.807, 2.05) is 43.3 Å². The van der Waals surface area contributed by atoms with Crippen molar-refractivity contribution in [3.8, 4) is 22.6 Å². The number of anilines is 1. The molecule has 1 aromatic heterocycles. The summed E-state index contributed by atoms with van der Waals surface area (Å²) >= 11 is 1.22. The van der Waals surface area contributed by atoms with Gasteiger partial charge in [0.15, 0.2) is 0 Å². The second-order valence-electron chi connectivity index (χ2n) is 7.30. The number of amides is 1. The lowest BCUT2D eigenvalue weighted by atomic mass is 9.88. The molecule has 0 fully saturated rings. The van der Waals surface area contributed by atoms with Crippen LogP contribution < -0.4 is 14.8 Å². The number of fused-ring (bicyclic) bond motifs is 1. The van der Waals surface area contributed by atoms with Crippen LogP contribution in [0.15, 0.2) is 48.5 Å². The number of methoxy groups -OCH3 is 1. The minimum Gasteiger partial charge on any atom is -0.497 e. The molecule has 0 unspecified atom stereocenters. The monoisotopic (exact) mass is 437 g/mol. The summed E-state index contributed by atoms with van der Waals surface area (Å²) in [6.07, 6.45) is 1.19. The van der Waals surface area contributed by atoms with Gasteiger partial charge in [-0.05, 0) is 41.8 Å². The molecule has 1 aliphatic heterocycles. The number of hydrogen-bond donors (Lipinski definition) is 2. The molecule has 0 spiro atoms. The topological polar surface area (TPSA) is 84.9 Å². The van der Waals surface area contributed by atoms with Crippen molar-refractivity contribution in [1.29, 1.82) is 0 Å². The molecule has 3 aromatic rings. The van der Waals surface area contributed by atoms with Crippen molar-refractivity contribution in [1.82, 2.24) is 0 Å². The molecule has 6 nitrogen and oxygen atoms in total. The molecule has 0 saturated carbocycles. The van der Waals surface area contributed by atoms with E-state index in [0.717, 1.165) is 28.2 Å². The number of nitrogens with one attached hydrogen (secondary N) is 1. The van der Waals surface area contributed by atoms with Crippen molar-refractivity contribution in [2.75, 3.05) is 19.0 Å². The molecule has 1 aliphatic rings. The highest BCUT2D eigenvalue weighted by molar-refractivity contribution is 7.15. The number of aromatic carboxylic acids is 1. The zero-order chi connectivity index (χ0) is 22.0. The Morgan fingerprint density at radius 1 is 1.13 bits per heavy atom. The zero-order valence-electron chi connectivity index (χ0n) is 17.3. The Morgan fingerprint density at radius 3 is 2.42 bits per heavy atom. The first-order chi connectivity index (χ1) is 15.0. The summed E-state index contributed by atoms with van der Waals surface area (Å²) in [5.41, 5.74) is 2.80. The fourth-order valence-electron chi connectivity index (χ4n) is 3.76. The van der Waals surface area contributed by atoms with Gasteiger partial charge in [0, 0.05) is 22.8 Å². The largest absolute Gasteiger partial charge is 0.497 e. The fraction of sp³-hybridized carbons (Fsp3) is 0.250. The number of carbonyl (C=O) groups excluding carboxylic acids is 1. The number of rotatable bonds is 7. The number of ether oxygens (including phenoxy) is 2. The first-order valence-electron chi connectivity index (χ1n) is 10.1. The summed E-state index contributed by atoms with van der Waals surface area (Å²) in [5.74, 6) is 0.105. The van der Waals surface area contributed by atoms with Gasteiger partial charge >= 0.3 is 5.97 Å². The smallest absolute Gasteiger partial charge is 0.346 e. The Bertz CT molecular complexity index is 1100. The number of hydrogen-bond acceptors (Lipinski definition) is 5. The third kappa shape index (κ3) is 4.14. The van der Waals surface area contributed by atoms with Crippen LogP contribution >= 0.6 is 11.3 Å². The lowest BCUT2D eigenvalue weighted by Crippen LogP contribution is -2.22. The van der Waals surface area contributed by atoms with E-state index in [1.54, 1.807) is 19.2 Å². The normalized spacial score (nSPS) is 15.2. The predicted octanol–water partition coefficient (Wildman–Crippen LogP) is 5.38. The molecule has 0 bridgehead atoms. The van der Waals surface area contributed by atoms with Crippen LogP contribution in [0.2, 0.25) is 0 Å². The number of thiophene rings is 1. The van der Waals surface area contributed by atoms with E-state index in [0.29, 0.717) is 23.6 Å². The molecule has 7 heteroatoms. The maximum absolute atomic E-state index is 12.6. The lowest BCUT2D eigenvalue weighted by molar-refractivity contribution is -0.116. The minimum absolute atomic E-state index is 0.131. The lowest BCUT2D eigenvalue weighted by Gasteiger charge is -2.24. The van der Waals surface area contributed by atoms with Crippen LogP contribution in [0.1, 0.15) is 45.8 Å². The van der Waals surface area contributed by atoms with Gasteiger partial charge < -0.3 is 19.9 Å². The second kappa shape index (κ2) is 8.81. The van der Waals surface area contributed by atoms with Crippen LogP contribution in [-0.2, 0) is 4.79 Å². The summed E-state index contributed by atoms with van der Waals surface area (Å²) in [6, 6.07) is 14.9. The van der Waals surface area contributed by atoms with Gasteiger partial charge in [-0.1, -0.05) is 31.2 Å². The molecule has 2 N–H and O–H groups in total. The molecule has 1 amide bonds. The Balaban J connectivity index is 1.78. The van der Waals surface area contributed by atoms with Crippen LogP contribution in [0, 0.1) is 0 Å². The quantitative estimate of drug-likeness (QED) is 0.518. The van der Waals surface area contributed by atoms with Gasteiger partial charge in [-0.3, -0.25) is 4.79 Å². The number of carboxylic acids is 1. The van der Waals surface area contributed by atoms with Crippen molar-refractivity contribution >= 4 is 28.9 Å². The van der Waals surface area contributed by atoms with E-state index >= 15 is 0 Å². The molecule has 0 radical (unpaired) electrons. The average Bonchev–Trinajstić information content (AvgIpc) is 3.17. The summed E-state index contributed by atoms with van der Waals surface area (Å²) in [5, 5.41) is 12.8. The second-order valence-corrected chi connectivity index (χ2v) is 8.35. The third-order valence-corrected chi connectivity index (χ3v) is 6.53. The van der Waals surface area contributed by atoms with Crippen molar-refractivity contribution in [3.63, 3.8) is 0 Å². The van der Waals surface area contributed by atoms with Crippen LogP contribution in [-0.4, -0.2) is 30.7 Å². The Hall–Kier alpha value is -3.32. The summed E-state index contributed by atoms with van der Waals surface area (Å²) in [4.78, 5) is 25.7. The van der Waals surface area contributed by atoms with Crippen molar-refractivity contribution in [3.05, 3.63) is 63.8 Å². The van der Waals surface area contributed by atoms with Gasteiger partial charge in [0.05, 0.1) is 19.4 Å². The van der Waals surface area contributed by atoms with Crippen molar-refractivity contribution < 1.29 is 24.2 Å². The highest BCUT2D eigenvalue weighted by Gasteiger charge is 2.34. The molecular formula is C24H23NO5S. The highest BCUT2D eigenvalue weighted by atomic mass is 32.1. The van der Waals surface area contributed by atoms with E-state index in [1.165, 1.54) is 11.3 Å². The van der Waals surface area contributed by atoms with Gasteiger partial charge in [-0.2, -0.15) is 0 Å². The molecule has 1 atom stereocenters. The average molecular weight is 438 g/mol. The summed E-state index contributed by atoms with van der Waals surface area (Å²) in [6.45, 7) is 2.70. The molecule has 0 saturated heterocycles. The van der Waals surface area contributed by atoms with E-state index < -0.39 is 5.97 Å². The van der Waals surface area contributed by atoms with Crippen LogP contribution in [0.25, 0.3) is 11.1 Å². The standard InChI is InChI=1S/C24H23NO5S/c1-3-12-30-17-10-4-14(5-11-17)18-13-19(26)25-21-20(23(24(27)28)31-22(18)21)15-6-8-16(29-2)9-7-15/h4-11,18H,3,12-13H2,1-2H3,(H,25,26)(H,27,28)/t18-/m0/s1. The maximum atomic E-state index is 12.6. The van der Waals surface area contributed by atoms with E-state index in [2.05, 4.69) is 5.32 Å². The summed E-state index contributed by atoms with van der Waals surface area (Å²) < 4.78 is 10.9. The van der Waals surface area contributed by atoms with Crippen LogP contribution in [0.5, 0.6) is 11.5 Å². The molecule has 160 valence electrons. The van der Waals surface area contributed by atoms with Gasteiger partial charge in [-0.15, -0.1) is 11.3 Å². The molecular weight excluding hydrogens is 414 g/mol. The SMILES string of the molecule is CCCOc1ccc([C@@H]2CC(=O)Nc3c2sc(C(=O)O)c3-c2ccc(OC)cc2)cc1. The Kier molecular flexibility index (Phi) is 5.95. The third-order valence-electron chi connectivity index (χ3n) is 5.23. The highest BCUT2D eigenvalue weighted by Crippen LogP contribution is 2.49. The number of benzene rings is 2. The fourth-order valence-corrected chi connectivity index (χ4v) is 5.00. The van der Waals surface area contributed by atoms with E-state index in [9.17, 15) is 14.7 Å². The first-order valence-corrected chi connectivity index (χ1v) is 10.9. The Labute approximate surface area is 184 Å². The summed E-state index contributed by atoms with van der Waals surface area (Å²) in [7, 11) is 1.58. The zero-order valence-corrected chi connectivity index (χ0v) is 18.1.